The van der Waals surface area contributed by atoms with Crippen LogP contribution in [0.1, 0.15) is 13.8 Å². The maximum atomic E-state index is 12.0. The van der Waals surface area contributed by atoms with Crippen LogP contribution >= 0.6 is 23.4 Å². The summed E-state index contributed by atoms with van der Waals surface area (Å²) in [6.45, 7) is 4.08. The van der Waals surface area contributed by atoms with E-state index in [0.29, 0.717) is 21.9 Å². The van der Waals surface area contributed by atoms with Crippen LogP contribution in [0, 0.1) is 0 Å². The summed E-state index contributed by atoms with van der Waals surface area (Å²) < 4.78 is 10.9. The number of hydrogen-bond acceptors (Lipinski definition) is 6. The van der Waals surface area contributed by atoms with Gasteiger partial charge >= 0.3 is 6.01 Å². The molecule has 6 nitrogen and oxygen atoms in total. The first-order valence-corrected chi connectivity index (χ1v) is 9.54. The van der Waals surface area contributed by atoms with E-state index in [4.69, 9.17) is 20.8 Å². The van der Waals surface area contributed by atoms with Gasteiger partial charge in [-0.15, -0.1) is 16.9 Å². The molecule has 0 fully saturated rings. The van der Waals surface area contributed by atoms with E-state index >= 15 is 0 Å². The van der Waals surface area contributed by atoms with Crippen molar-refractivity contribution in [2.45, 2.75) is 24.0 Å². The molecular weight excluding hydrogens is 386 g/mol. The number of hydrogen-bond donors (Lipinski definition) is 1. The lowest BCUT2D eigenvalue weighted by Gasteiger charge is -2.05. The lowest BCUT2D eigenvalue weighted by Crippen LogP contribution is -2.20. The van der Waals surface area contributed by atoms with Gasteiger partial charge in [0.25, 0.3) is 5.91 Å². The highest BCUT2D eigenvalue weighted by atomic mass is 35.5. The van der Waals surface area contributed by atoms with Crippen molar-refractivity contribution in [1.29, 1.82) is 0 Å². The molecule has 8 heteroatoms. The standard InChI is InChI=1S/C19H18ClN3O3S/c1-12(2)27-16-5-3-4-13(10-16)18-22-23-19(26-18)21-17(24)11-25-15-8-6-14(20)7-9-15/h3-10,12H,11H2,1-2H3,(H,21,23,24). The predicted octanol–water partition coefficient (Wildman–Crippen LogP) is 4.91. The van der Waals surface area contributed by atoms with Crippen LogP contribution in [0.2, 0.25) is 5.02 Å². The second kappa shape index (κ2) is 8.92. The van der Waals surface area contributed by atoms with E-state index in [0.717, 1.165) is 10.5 Å². The minimum Gasteiger partial charge on any atom is -0.484 e. The summed E-state index contributed by atoms with van der Waals surface area (Å²) in [5.41, 5.74) is 0.797. The number of ether oxygens (including phenoxy) is 1. The molecule has 0 saturated heterocycles. The quantitative estimate of drug-likeness (QED) is 0.565. The van der Waals surface area contributed by atoms with Gasteiger partial charge in [0.2, 0.25) is 5.89 Å². The van der Waals surface area contributed by atoms with Crippen molar-refractivity contribution in [2.24, 2.45) is 0 Å². The maximum absolute atomic E-state index is 12.0. The molecule has 0 aliphatic rings. The van der Waals surface area contributed by atoms with Gasteiger partial charge in [-0.05, 0) is 42.5 Å². The number of thioether (sulfide) groups is 1. The predicted molar refractivity (Wildman–Crippen MR) is 106 cm³/mol. The monoisotopic (exact) mass is 403 g/mol. The van der Waals surface area contributed by atoms with E-state index < -0.39 is 5.91 Å². The second-order valence-electron chi connectivity index (χ2n) is 5.90. The average Bonchev–Trinajstić information content (AvgIpc) is 3.09. The van der Waals surface area contributed by atoms with Gasteiger partial charge in [0, 0.05) is 20.7 Å². The molecule has 3 rings (SSSR count). The van der Waals surface area contributed by atoms with E-state index in [1.165, 1.54) is 0 Å². The number of halogens is 1. The maximum Gasteiger partial charge on any atom is 0.322 e. The molecule has 1 aromatic heterocycles. The van der Waals surface area contributed by atoms with Crippen LogP contribution in [-0.2, 0) is 4.79 Å². The number of amides is 1. The molecule has 0 spiro atoms. The average molecular weight is 404 g/mol. The van der Waals surface area contributed by atoms with Crippen molar-refractivity contribution in [3.63, 3.8) is 0 Å². The number of aromatic nitrogens is 2. The molecule has 2 aromatic carbocycles. The Hall–Kier alpha value is -2.51. The summed E-state index contributed by atoms with van der Waals surface area (Å²) >= 11 is 7.55. The Kier molecular flexibility index (Phi) is 6.36. The first kappa shape index (κ1) is 19.3. The molecule has 27 heavy (non-hydrogen) atoms. The molecular formula is C19H18ClN3O3S. The first-order valence-electron chi connectivity index (χ1n) is 8.28. The molecule has 1 N–H and O–H groups in total. The fourth-order valence-electron chi connectivity index (χ4n) is 2.20. The number of benzene rings is 2. The highest BCUT2D eigenvalue weighted by Gasteiger charge is 2.12. The highest BCUT2D eigenvalue weighted by Crippen LogP contribution is 2.28. The van der Waals surface area contributed by atoms with Crippen LogP contribution in [0.5, 0.6) is 5.75 Å². The zero-order valence-electron chi connectivity index (χ0n) is 14.8. The second-order valence-corrected chi connectivity index (χ2v) is 7.98. The third-order valence-electron chi connectivity index (χ3n) is 3.31. The van der Waals surface area contributed by atoms with E-state index in [1.807, 2.05) is 24.3 Å². The zero-order chi connectivity index (χ0) is 19.2. The van der Waals surface area contributed by atoms with Crippen LogP contribution < -0.4 is 10.1 Å². The molecule has 0 aliphatic heterocycles. The molecule has 0 bridgehead atoms. The molecule has 0 atom stereocenters. The van der Waals surface area contributed by atoms with E-state index in [9.17, 15) is 4.79 Å². The summed E-state index contributed by atoms with van der Waals surface area (Å²) in [5, 5.41) is 11.4. The van der Waals surface area contributed by atoms with Crippen LogP contribution in [0.15, 0.2) is 57.8 Å². The summed E-state index contributed by atoms with van der Waals surface area (Å²) in [6, 6.07) is 14.6. The third-order valence-corrected chi connectivity index (χ3v) is 4.56. The SMILES string of the molecule is CC(C)Sc1cccc(-c2nnc(NC(=O)COc3ccc(Cl)cc3)o2)c1. The van der Waals surface area contributed by atoms with Crippen molar-refractivity contribution >= 4 is 35.3 Å². The van der Waals surface area contributed by atoms with Crippen molar-refractivity contribution in [1.82, 2.24) is 10.2 Å². The molecule has 0 radical (unpaired) electrons. The van der Waals surface area contributed by atoms with Crippen LogP contribution in [0.4, 0.5) is 6.01 Å². The number of carbonyl (C=O) groups excluding carboxylic acids is 1. The van der Waals surface area contributed by atoms with Crippen molar-refractivity contribution < 1.29 is 13.9 Å². The van der Waals surface area contributed by atoms with Crippen molar-refractivity contribution in [2.75, 3.05) is 11.9 Å². The van der Waals surface area contributed by atoms with Gasteiger partial charge in [-0.1, -0.05) is 36.6 Å². The van der Waals surface area contributed by atoms with Crippen LogP contribution in [0.25, 0.3) is 11.5 Å². The third kappa shape index (κ3) is 5.74. The number of anilines is 1. The topological polar surface area (TPSA) is 77.2 Å². The Balaban J connectivity index is 1.59. The van der Waals surface area contributed by atoms with Gasteiger partial charge in [-0.25, -0.2) is 0 Å². The van der Waals surface area contributed by atoms with Crippen molar-refractivity contribution in [3.05, 3.63) is 53.6 Å². The van der Waals surface area contributed by atoms with Gasteiger partial charge in [-0.2, -0.15) is 0 Å². The molecule has 3 aromatic rings. The van der Waals surface area contributed by atoms with Crippen LogP contribution in [0.3, 0.4) is 0 Å². The van der Waals surface area contributed by atoms with Gasteiger partial charge in [0.05, 0.1) is 0 Å². The summed E-state index contributed by atoms with van der Waals surface area (Å²) in [7, 11) is 0. The molecule has 1 amide bonds. The van der Waals surface area contributed by atoms with Crippen LogP contribution in [-0.4, -0.2) is 28.0 Å². The molecule has 0 aliphatic carbocycles. The molecule has 1 heterocycles. The number of carbonyl (C=O) groups is 1. The number of rotatable bonds is 7. The molecule has 140 valence electrons. The zero-order valence-corrected chi connectivity index (χ0v) is 16.4. The van der Waals surface area contributed by atoms with Gasteiger partial charge in [0.15, 0.2) is 6.61 Å². The number of nitrogens with one attached hydrogen (secondary N) is 1. The molecule has 0 saturated carbocycles. The lowest BCUT2D eigenvalue weighted by molar-refractivity contribution is -0.118. The van der Waals surface area contributed by atoms with Gasteiger partial charge in [-0.3, -0.25) is 10.1 Å². The fourth-order valence-corrected chi connectivity index (χ4v) is 3.22. The minimum absolute atomic E-state index is 0.0246. The number of nitrogens with zero attached hydrogens (tertiary/aromatic N) is 2. The van der Waals surface area contributed by atoms with Gasteiger partial charge < -0.3 is 9.15 Å². The summed E-state index contributed by atoms with van der Waals surface area (Å²) in [4.78, 5) is 13.1. The Morgan fingerprint density at radius 1 is 1.22 bits per heavy atom. The van der Waals surface area contributed by atoms with E-state index in [1.54, 1.807) is 36.0 Å². The Morgan fingerprint density at radius 2 is 2.00 bits per heavy atom. The first-order chi connectivity index (χ1) is 13.0. The summed E-state index contributed by atoms with van der Waals surface area (Å²) in [6.07, 6.45) is 0. The fraction of sp³-hybridized carbons (Fsp3) is 0.211. The highest BCUT2D eigenvalue weighted by molar-refractivity contribution is 7.99. The Labute approximate surface area is 166 Å². The lowest BCUT2D eigenvalue weighted by atomic mass is 10.2. The van der Waals surface area contributed by atoms with Gasteiger partial charge in [0.1, 0.15) is 5.75 Å². The normalized spacial score (nSPS) is 10.8. The smallest absolute Gasteiger partial charge is 0.322 e. The Morgan fingerprint density at radius 3 is 2.74 bits per heavy atom. The van der Waals surface area contributed by atoms with E-state index in [2.05, 4.69) is 29.4 Å². The molecule has 0 unspecified atom stereocenters. The Bertz CT molecular complexity index is 913. The van der Waals surface area contributed by atoms with E-state index in [-0.39, 0.29) is 12.6 Å². The largest absolute Gasteiger partial charge is 0.484 e. The minimum atomic E-state index is -0.399. The summed E-state index contributed by atoms with van der Waals surface area (Å²) in [5.74, 6) is 0.486. The van der Waals surface area contributed by atoms with Crippen molar-refractivity contribution in [3.8, 4) is 17.2 Å².